The van der Waals surface area contributed by atoms with Crippen LogP contribution in [0.3, 0.4) is 0 Å². The zero-order valence-electron chi connectivity index (χ0n) is 9.24. The van der Waals surface area contributed by atoms with Crippen LogP contribution in [0.25, 0.3) is 0 Å². The van der Waals surface area contributed by atoms with Crippen LogP contribution in [0.15, 0.2) is 48.5 Å². The SMILES string of the molecule is Nc1ccc(F)cc1.O=C(Cl)c1ccc(F)cc1. The number of benzene rings is 2. The number of hydrogen-bond acceptors (Lipinski definition) is 2. The van der Waals surface area contributed by atoms with Crippen LogP contribution in [0, 0.1) is 11.6 Å². The molecule has 0 saturated carbocycles. The summed E-state index contributed by atoms with van der Waals surface area (Å²) >= 11 is 5.09. The molecule has 2 N–H and O–H groups in total. The molecule has 0 aromatic heterocycles. The summed E-state index contributed by atoms with van der Waals surface area (Å²) in [5, 5.41) is -0.569. The van der Waals surface area contributed by atoms with Crippen molar-refractivity contribution >= 4 is 22.5 Å². The third kappa shape index (κ3) is 4.93. The number of halogens is 3. The number of nitrogens with two attached hydrogens (primary N) is 1. The molecule has 0 atom stereocenters. The number of hydrogen-bond donors (Lipinski definition) is 1. The topological polar surface area (TPSA) is 43.1 Å². The van der Waals surface area contributed by atoms with Gasteiger partial charge in [-0.1, -0.05) is 0 Å². The fraction of sp³-hybridized carbons (Fsp3) is 0. The Morgan fingerprint density at radius 2 is 1.28 bits per heavy atom. The molecule has 2 aromatic rings. The van der Waals surface area contributed by atoms with Crippen LogP contribution in [0.2, 0.25) is 0 Å². The molecule has 94 valence electrons. The molecule has 18 heavy (non-hydrogen) atoms. The minimum Gasteiger partial charge on any atom is -0.399 e. The highest BCUT2D eigenvalue weighted by molar-refractivity contribution is 6.67. The largest absolute Gasteiger partial charge is 0.399 e. The molecule has 0 aliphatic heterocycles. The molecule has 0 aliphatic carbocycles. The van der Waals surface area contributed by atoms with Crippen molar-refractivity contribution in [2.24, 2.45) is 0 Å². The van der Waals surface area contributed by atoms with Gasteiger partial charge in [-0.2, -0.15) is 0 Å². The fourth-order valence-electron chi connectivity index (χ4n) is 1.04. The monoisotopic (exact) mass is 269 g/mol. The van der Waals surface area contributed by atoms with E-state index in [1.807, 2.05) is 0 Å². The Labute approximate surface area is 108 Å². The second-order valence-electron chi connectivity index (χ2n) is 3.33. The van der Waals surface area contributed by atoms with Gasteiger partial charge in [0.1, 0.15) is 11.6 Å². The van der Waals surface area contributed by atoms with E-state index in [1.165, 1.54) is 48.5 Å². The van der Waals surface area contributed by atoms with E-state index in [2.05, 4.69) is 0 Å². The van der Waals surface area contributed by atoms with Crippen LogP contribution >= 0.6 is 11.6 Å². The molecule has 0 unspecified atom stereocenters. The second-order valence-corrected chi connectivity index (χ2v) is 3.68. The minimum absolute atomic E-state index is 0.251. The first-order chi connectivity index (χ1) is 8.49. The van der Waals surface area contributed by atoms with Crippen molar-refractivity contribution in [2.75, 3.05) is 5.73 Å². The maximum Gasteiger partial charge on any atom is 0.252 e. The number of carbonyl (C=O) groups excluding carboxylic acids is 1. The van der Waals surface area contributed by atoms with E-state index in [1.54, 1.807) is 0 Å². The minimum atomic E-state index is -0.569. The van der Waals surface area contributed by atoms with Crippen LogP contribution < -0.4 is 5.73 Å². The van der Waals surface area contributed by atoms with Crippen molar-refractivity contribution in [2.45, 2.75) is 0 Å². The lowest BCUT2D eigenvalue weighted by Crippen LogP contribution is -1.87. The number of anilines is 1. The Bertz CT molecular complexity index is 491. The maximum atomic E-state index is 12.2. The first-order valence-corrected chi connectivity index (χ1v) is 5.33. The van der Waals surface area contributed by atoms with Gasteiger partial charge in [0.25, 0.3) is 5.24 Å². The molecular formula is C13H10ClF2NO. The molecule has 0 amide bonds. The van der Waals surface area contributed by atoms with Gasteiger partial charge in [0.05, 0.1) is 0 Å². The molecular weight excluding hydrogens is 260 g/mol. The smallest absolute Gasteiger partial charge is 0.252 e. The van der Waals surface area contributed by atoms with Crippen LogP contribution in [0.4, 0.5) is 14.5 Å². The van der Waals surface area contributed by atoms with Gasteiger partial charge >= 0.3 is 0 Å². The van der Waals surface area contributed by atoms with E-state index in [-0.39, 0.29) is 11.6 Å². The molecule has 0 aliphatic rings. The first kappa shape index (κ1) is 14.1. The molecule has 0 spiro atoms. The van der Waals surface area contributed by atoms with Gasteiger partial charge in [0.2, 0.25) is 0 Å². The van der Waals surface area contributed by atoms with Crippen molar-refractivity contribution in [3.63, 3.8) is 0 Å². The highest BCUT2D eigenvalue weighted by Gasteiger charge is 1.99. The lowest BCUT2D eigenvalue weighted by atomic mass is 10.2. The van der Waals surface area contributed by atoms with Gasteiger partial charge in [-0.05, 0) is 60.1 Å². The van der Waals surface area contributed by atoms with E-state index < -0.39 is 5.24 Å². The molecule has 5 heteroatoms. The average molecular weight is 270 g/mol. The Morgan fingerprint density at radius 1 is 0.889 bits per heavy atom. The first-order valence-electron chi connectivity index (χ1n) is 4.95. The number of carbonyl (C=O) groups is 1. The predicted molar refractivity (Wildman–Crippen MR) is 67.4 cm³/mol. The van der Waals surface area contributed by atoms with Gasteiger partial charge in [0, 0.05) is 11.3 Å². The van der Waals surface area contributed by atoms with E-state index in [0.717, 1.165) is 0 Å². The summed E-state index contributed by atoms with van der Waals surface area (Å²) in [7, 11) is 0. The number of rotatable bonds is 1. The fourth-order valence-corrected chi connectivity index (χ4v) is 1.17. The van der Waals surface area contributed by atoms with E-state index in [0.29, 0.717) is 11.3 Å². The predicted octanol–water partition coefficient (Wildman–Crippen LogP) is 3.61. The molecule has 0 radical (unpaired) electrons. The van der Waals surface area contributed by atoms with Gasteiger partial charge < -0.3 is 5.73 Å². The Balaban J connectivity index is 0.000000184. The molecule has 0 fully saturated rings. The molecule has 0 heterocycles. The molecule has 2 aromatic carbocycles. The quantitative estimate of drug-likeness (QED) is 0.635. The van der Waals surface area contributed by atoms with Crippen molar-refractivity contribution in [3.8, 4) is 0 Å². The Hall–Kier alpha value is -1.94. The van der Waals surface area contributed by atoms with Crippen LogP contribution in [-0.4, -0.2) is 5.24 Å². The lowest BCUT2D eigenvalue weighted by Gasteiger charge is -1.90. The second kappa shape index (κ2) is 6.71. The van der Waals surface area contributed by atoms with Crippen LogP contribution in [0.1, 0.15) is 10.4 Å². The molecule has 2 rings (SSSR count). The van der Waals surface area contributed by atoms with Gasteiger partial charge in [-0.3, -0.25) is 4.79 Å². The highest BCUT2D eigenvalue weighted by Crippen LogP contribution is 2.05. The third-order valence-corrected chi connectivity index (χ3v) is 2.16. The number of nitrogen functional groups attached to an aromatic ring is 1. The van der Waals surface area contributed by atoms with Crippen LogP contribution in [0.5, 0.6) is 0 Å². The average Bonchev–Trinajstić information content (AvgIpc) is 2.34. The standard InChI is InChI=1S/C7H4ClFO.C6H6FN/c8-7(10)5-1-3-6(9)4-2-5;7-5-1-3-6(8)4-2-5/h1-4H;1-4H,8H2. The molecule has 0 saturated heterocycles. The Morgan fingerprint density at radius 3 is 1.61 bits per heavy atom. The summed E-state index contributed by atoms with van der Waals surface area (Å²) in [6.07, 6.45) is 0. The summed E-state index contributed by atoms with van der Waals surface area (Å²) < 4.78 is 24.2. The van der Waals surface area contributed by atoms with E-state index in [9.17, 15) is 13.6 Å². The summed E-state index contributed by atoms with van der Waals surface area (Å²) in [6.45, 7) is 0. The van der Waals surface area contributed by atoms with E-state index in [4.69, 9.17) is 17.3 Å². The molecule has 2 nitrogen and oxygen atoms in total. The maximum absolute atomic E-state index is 12.2. The zero-order valence-corrected chi connectivity index (χ0v) is 9.99. The van der Waals surface area contributed by atoms with Gasteiger partial charge in [-0.15, -0.1) is 0 Å². The summed E-state index contributed by atoms with van der Waals surface area (Å²) in [5.41, 5.74) is 6.16. The van der Waals surface area contributed by atoms with Crippen molar-refractivity contribution < 1.29 is 13.6 Å². The van der Waals surface area contributed by atoms with Crippen LogP contribution in [-0.2, 0) is 0 Å². The van der Waals surface area contributed by atoms with Crippen molar-refractivity contribution in [3.05, 3.63) is 65.7 Å². The van der Waals surface area contributed by atoms with E-state index >= 15 is 0 Å². The van der Waals surface area contributed by atoms with Gasteiger partial charge in [-0.25, -0.2) is 8.78 Å². The summed E-state index contributed by atoms with van der Waals surface area (Å²) in [6, 6.07) is 10.8. The third-order valence-electron chi connectivity index (χ3n) is 1.94. The zero-order chi connectivity index (χ0) is 13.5. The summed E-state index contributed by atoms with van der Waals surface area (Å²) in [4.78, 5) is 10.4. The van der Waals surface area contributed by atoms with Crippen molar-refractivity contribution in [1.29, 1.82) is 0 Å². The lowest BCUT2D eigenvalue weighted by molar-refractivity contribution is 0.108. The normalized spacial score (nSPS) is 9.28. The molecule has 0 bridgehead atoms. The van der Waals surface area contributed by atoms with Gasteiger partial charge in [0.15, 0.2) is 0 Å². The van der Waals surface area contributed by atoms with Crippen molar-refractivity contribution in [1.82, 2.24) is 0 Å². The Kier molecular flexibility index (Phi) is 5.27. The summed E-state index contributed by atoms with van der Waals surface area (Å²) in [5.74, 6) is -0.624. The highest BCUT2D eigenvalue weighted by atomic mass is 35.5.